The highest BCUT2D eigenvalue weighted by molar-refractivity contribution is 7.80. The number of phenolic OH excluding ortho intramolecular Hbond substituents is 1. The summed E-state index contributed by atoms with van der Waals surface area (Å²) in [6.07, 6.45) is 4.45. The van der Waals surface area contributed by atoms with Gasteiger partial charge >= 0.3 is 0 Å². The lowest BCUT2D eigenvalue weighted by Gasteiger charge is -2.51. The highest BCUT2D eigenvalue weighted by Gasteiger charge is 2.47. The maximum absolute atomic E-state index is 14.3. The third kappa shape index (κ3) is 5.65. The molecule has 3 unspecified atom stereocenters. The Labute approximate surface area is 279 Å². The summed E-state index contributed by atoms with van der Waals surface area (Å²) in [5.41, 5.74) is 5.53. The Morgan fingerprint density at radius 3 is 2.38 bits per heavy atom. The van der Waals surface area contributed by atoms with E-state index in [-0.39, 0.29) is 22.9 Å². The number of hydrogen-bond donors (Lipinski definition) is 1. The van der Waals surface area contributed by atoms with Crippen molar-refractivity contribution >= 4 is 40.4 Å². The molecule has 0 radical (unpaired) electrons. The molecule has 2 aliphatic rings. The summed E-state index contributed by atoms with van der Waals surface area (Å²) in [6.45, 7) is 4.31. The van der Waals surface area contributed by atoms with Gasteiger partial charge in [0.15, 0.2) is 11.5 Å². The maximum Gasteiger partial charge on any atom is 0.269 e. The number of para-hydroxylation sites is 3. The molecule has 0 bridgehead atoms. The number of imidazole rings is 1. The first-order chi connectivity index (χ1) is 22.9. The smallest absolute Gasteiger partial charge is 0.269 e. The molecule has 0 saturated carbocycles. The van der Waals surface area contributed by atoms with Crippen molar-refractivity contribution in [3.8, 4) is 11.5 Å². The zero-order valence-corrected chi connectivity index (χ0v) is 27.0. The van der Waals surface area contributed by atoms with Crippen LogP contribution in [0.5, 0.6) is 11.5 Å². The Morgan fingerprint density at radius 2 is 1.66 bits per heavy atom. The summed E-state index contributed by atoms with van der Waals surface area (Å²) in [5.74, 6) is -0.0736. The van der Waals surface area contributed by atoms with Gasteiger partial charge in [-0.1, -0.05) is 60.7 Å². The van der Waals surface area contributed by atoms with Crippen LogP contribution in [0.4, 0.5) is 17.1 Å². The fourth-order valence-electron chi connectivity index (χ4n) is 6.77. The standard InChI is InChI=1S/C37H35N5O4S/c1-25-35(46-37(47)40-19-18-38-24-40)34(41-21-20-39(23-26-10-4-3-5-11-26)30-14-8-9-15-31(30)41)28-12-6-7-13-29(28)42(25)36(44)27-16-17-33(45-2)32(43)22-27/h3-19,22,24-25,34-35,43H,20-21,23H2,1-2H3. The second-order valence-corrected chi connectivity index (χ2v) is 12.1. The second-order valence-electron chi connectivity index (χ2n) is 11.7. The van der Waals surface area contributed by atoms with Gasteiger partial charge in [0.1, 0.15) is 12.4 Å². The first kappa shape index (κ1) is 30.3. The van der Waals surface area contributed by atoms with Gasteiger partial charge in [0.05, 0.1) is 30.6 Å². The number of methoxy groups -OCH3 is 1. The van der Waals surface area contributed by atoms with Crippen LogP contribution < -0.4 is 19.4 Å². The number of ether oxygens (including phenoxy) is 2. The number of nitrogens with zero attached hydrogens (tertiary/aromatic N) is 5. The number of rotatable bonds is 6. The van der Waals surface area contributed by atoms with E-state index in [9.17, 15) is 9.90 Å². The number of carbonyl (C=O) groups is 1. The van der Waals surface area contributed by atoms with E-state index >= 15 is 0 Å². The zero-order valence-electron chi connectivity index (χ0n) is 26.1. The Bertz CT molecular complexity index is 1900. The molecule has 10 heteroatoms. The van der Waals surface area contributed by atoms with E-state index in [1.807, 2.05) is 31.2 Å². The molecule has 4 aromatic carbocycles. The molecule has 5 aromatic rings. The first-order valence-corrected chi connectivity index (χ1v) is 16.0. The molecule has 1 N–H and O–H groups in total. The minimum atomic E-state index is -0.565. The molecule has 1 aromatic heterocycles. The first-order valence-electron chi connectivity index (χ1n) is 15.6. The molecular formula is C37H35N5O4S. The second kappa shape index (κ2) is 12.8. The highest BCUT2D eigenvalue weighted by atomic mass is 32.1. The van der Waals surface area contributed by atoms with Gasteiger partial charge in [-0.3, -0.25) is 9.36 Å². The number of aromatic nitrogens is 2. The van der Waals surface area contributed by atoms with Crippen molar-refractivity contribution in [1.29, 1.82) is 0 Å². The predicted octanol–water partition coefficient (Wildman–Crippen LogP) is 6.43. The topological polar surface area (TPSA) is 83.3 Å². The minimum Gasteiger partial charge on any atom is -0.504 e. The summed E-state index contributed by atoms with van der Waals surface area (Å²) < 4.78 is 13.6. The summed E-state index contributed by atoms with van der Waals surface area (Å²) in [5, 5.41) is 10.8. The summed E-state index contributed by atoms with van der Waals surface area (Å²) in [4.78, 5) is 25.1. The largest absolute Gasteiger partial charge is 0.504 e. The third-order valence-electron chi connectivity index (χ3n) is 9.00. The van der Waals surface area contributed by atoms with Crippen molar-refractivity contribution in [2.75, 3.05) is 34.9 Å². The third-order valence-corrected chi connectivity index (χ3v) is 9.31. The van der Waals surface area contributed by atoms with Crippen LogP contribution in [0.2, 0.25) is 0 Å². The minimum absolute atomic E-state index is 0.103. The van der Waals surface area contributed by atoms with Crippen LogP contribution in [0.3, 0.4) is 0 Å². The van der Waals surface area contributed by atoms with Crippen LogP contribution in [0.25, 0.3) is 0 Å². The van der Waals surface area contributed by atoms with E-state index in [0.29, 0.717) is 11.3 Å². The molecule has 9 nitrogen and oxygen atoms in total. The van der Waals surface area contributed by atoms with Gasteiger partial charge in [-0.2, -0.15) is 0 Å². The van der Waals surface area contributed by atoms with E-state index in [2.05, 4.69) is 69.4 Å². The van der Waals surface area contributed by atoms with Crippen molar-refractivity contribution in [2.24, 2.45) is 0 Å². The van der Waals surface area contributed by atoms with Gasteiger partial charge < -0.3 is 29.3 Å². The van der Waals surface area contributed by atoms with Crippen molar-refractivity contribution in [1.82, 2.24) is 9.55 Å². The number of benzene rings is 4. The number of phenols is 1. The number of amides is 1. The van der Waals surface area contributed by atoms with Crippen LogP contribution in [0.15, 0.2) is 116 Å². The average Bonchev–Trinajstić information content (AvgIpc) is 3.65. The Kier molecular flexibility index (Phi) is 8.26. The van der Waals surface area contributed by atoms with Gasteiger partial charge in [0.25, 0.3) is 11.1 Å². The van der Waals surface area contributed by atoms with Crippen LogP contribution in [0.1, 0.15) is 34.5 Å². The fraction of sp³-hybridized carbons (Fsp3) is 0.216. The zero-order chi connectivity index (χ0) is 32.5. The molecule has 0 fully saturated rings. The number of fused-ring (bicyclic) bond motifs is 2. The lowest BCUT2D eigenvalue weighted by Crippen LogP contribution is -2.58. The molecule has 3 heterocycles. The van der Waals surface area contributed by atoms with E-state index in [4.69, 9.17) is 21.7 Å². The van der Waals surface area contributed by atoms with Crippen molar-refractivity contribution in [2.45, 2.75) is 31.7 Å². The van der Waals surface area contributed by atoms with Gasteiger partial charge in [-0.05, 0) is 61.1 Å². The molecule has 2 aliphatic heterocycles. The van der Waals surface area contributed by atoms with Crippen LogP contribution in [-0.2, 0) is 11.3 Å². The normalized spacial score (nSPS) is 18.7. The molecule has 238 valence electrons. The molecule has 7 rings (SSSR count). The van der Waals surface area contributed by atoms with Gasteiger partial charge in [0.2, 0.25) is 0 Å². The van der Waals surface area contributed by atoms with Gasteiger partial charge in [-0.15, -0.1) is 0 Å². The lowest BCUT2D eigenvalue weighted by molar-refractivity contribution is 0.0870. The lowest BCUT2D eigenvalue weighted by atomic mass is 9.86. The van der Waals surface area contributed by atoms with Crippen LogP contribution in [-0.4, -0.2) is 58.1 Å². The van der Waals surface area contributed by atoms with Gasteiger partial charge in [0, 0.05) is 48.8 Å². The average molecular weight is 646 g/mol. The van der Waals surface area contributed by atoms with Crippen molar-refractivity contribution < 1.29 is 19.4 Å². The number of carbonyl (C=O) groups excluding carboxylic acids is 1. The van der Waals surface area contributed by atoms with E-state index in [1.54, 1.807) is 40.3 Å². The molecule has 47 heavy (non-hydrogen) atoms. The molecule has 3 atom stereocenters. The predicted molar refractivity (Wildman–Crippen MR) is 186 cm³/mol. The van der Waals surface area contributed by atoms with E-state index in [1.165, 1.54) is 18.7 Å². The van der Waals surface area contributed by atoms with Crippen molar-refractivity contribution in [3.05, 3.63) is 132 Å². The molecule has 0 spiro atoms. The Hall–Kier alpha value is -5.35. The monoisotopic (exact) mass is 645 g/mol. The van der Waals surface area contributed by atoms with Crippen LogP contribution in [0, 0.1) is 0 Å². The Morgan fingerprint density at radius 1 is 0.936 bits per heavy atom. The molecule has 0 saturated heterocycles. The molecular weight excluding hydrogens is 611 g/mol. The number of thiocarbonyl (C=S) groups is 1. The highest BCUT2D eigenvalue weighted by Crippen LogP contribution is 2.47. The van der Waals surface area contributed by atoms with Crippen molar-refractivity contribution in [3.63, 3.8) is 0 Å². The number of aromatic hydroxyl groups is 1. The SMILES string of the molecule is COc1ccc(C(=O)N2c3ccccc3C(N3CCN(Cc4ccccc4)c4ccccc43)C(OC(=S)n3ccnc3)C2C)cc1O. The van der Waals surface area contributed by atoms with E-state index < -0.39 is 12.1 Å². The summed E-state index contributed by atoms with van der Waals surface area (Å²) in [7, 11) is 1.48. The van der Waals surface area contributed by atoms with Crippen LogP contribution >= 0.6 is 12.2 Å². The van der Waals surface area contributed by atoms with Gasteiger partial charge in [-0.25, -0.2) is 4.98 Å². The number of anilines is 3. The fourth-order valence-corrected chi connectivity index (χ4v) is 6.99. The maximum atomic E-state index is 14.3. The quantitative estimate of drug-likeness (QED) is 0.212. The summed E-state index contributed by atoms with van der Waals surface area (Å²) in [6, 6.07) is 30.9. The number of hydrogen-bond acceptors (Lipinski definition) is 8. The Balaban J connectivity index is 1.32. The van der Waals surface area contributed by atoms with E-state index in [0.717, 1.165) is 42.3 Å². The molecule has 1 amide bonds. The summed E-state index contributed by atoms with van der Waals surface area (Å²) >= 11 is 5.80. The molecule has 0 aliphatic carbocycles.